The Morgan fingerprint density at radius 2 is 1.92 bits per heavy atom. The Hall–Kier alpha value is -1.75. The molecule has 0 unspecified atom stereocenters. The van der Waals surface area contributed by atoms with Gasteiger partial charge in [0.15, 0.2) is 6.54 Å². The lowest BCUT2D eigenvalue weighted by molar-refractivity contribution is -0.892. The van der Waals surface area contributed by atoms with Crippen LogP contribution >= 0.6 is 0 Å². The molecule has 1 heterocycles. The molecule has 0 bridgehead atoms. The number of benzene rings is 1. The van der Waals surface area contributed by atoms with Crippen LogP contribution < -0.4 is 19.9 Å². The molecule has 1 amide bonds. The quantitative estimate of drug-likeness (QED) is 0.789. The van der Waals surface area contributed by atoms with Gasteiger partial charge in [-0.2, -0.15) is 0 Å². The summed E-state index contributed by atoms with van der Waals surface area (Å²) in [6.45, 7) is 4.60. The van der Waals surface area contributed by atoms with Gasteiger partial charge in [-0.3, -0.25) is 4.79 Å². The highest BCUT2D eigenvalue weighted by molar-refractivity contribution is 5.77. The van der Waals surface area contributed by atoms with Crippen molar-refractivity contribution in [3.8, 4) is 5.75 Å². The number of anilines is 1. The van der Waals surface area contributed by atoms with Gasteiger partial charge in [-0.25, -0.2) is 0 Å². The maximum Gasteiger partial charge on any atom is 0.275 e. The van der Waals surface area contributed by atoms with Crippen LogP contribution in [0.15, 0.2) is 24.3 Å². The monoisotopic (exact) mass is 346 g/mol. The first-order chi connectivity index (χ1) is 12.2. The van der Waals surface area contributed by atoms with E-state index in [9.17, 15) is 4.79 Å². The fourth-order valence-electron chi connectivity index (χ4n) is 3.99. The Labute approximate surface area is 151 Å². The Morgan fingerprint density at radius 3 is 2.60 bits per heavy atom. The number of nitrogens with zero attached hydrogens (tertiary/aromatic N) is 1. The number of methoxy groups -OCH3 is 1. The topological polar surface area (TPSA) is 46.0 Å². The molecule has 2 aliphatic rings. The van der Waals surface area contributed by atoms with E-state index in [-0.39, 0.29) is 5.91 Å². The smallest absolute Gasteiger partial charge is 0.275 e. The van der Waals surface area contributed by atoms with Crippen molar-refractivity contribution in [3.05, 3.63) is 24.3 Å². The molecule has 3 rings (SSSR count). The second kappa shape index (κ2) is 9.09. The van der Waals surface area contributed by atoms with E-state index in [1.807, 2.05) is 12.1 Å². The van der Waals surface area contributed by atoms with E-state index in [1.165, 1.54) is 36.3 Å². The summed E-state index contributed by atoms with van der Waals surface area (Å²) < 4.78 is 5.32. The third-order valence-electron chi connectivity index (χ3n) is 5.52. The first-order valence-electron chi connectivity index (χ1n) is 9.76. The predicted molar refractivity (Wildman–Crippen MR) is 100 cm³/mol. The number of rotatable bonds is 5. The number of amides is 1. The predicted octanol–water partition coefficient (Wildman–Crippen LogP) is 1.24. The second-order valence-corrected chi connectivity index (χ2v) is 7.37. The molecular formula is C20H32N3O2+. The normalized spacial score (nSPS) is 20.1. The van der Waals surface area contributed by atoms with Crippen molar-refractivity contribution in [2.24, 2.45) is 0 Å². The number of hydrogen-bond acceptors (Lipinski definition) is 3. The van der Waals surface area contributed by atoms with Crippen molar-refractivity contribution in [1.29, 1.82) is 0 Å². The minimum atomic E-state index is 0.233. The highest BCUT2D eigenvalue weighted by Crippen LogP contribution is 2.20. The van der Waals surface area contributed by atoms with Crippen LogP contribution in [0.4, 0.5) is 5.69 Å². The molecule has 0 aromatic heterocycles. The largest absolute Gasteiger partial charge is 0.497 e. The summed E-state index contributed by atoms with van der Waals surface area (Å²) in [7, 11) is 1.70. The molecule has 2 fully saturated rings. The summed E-state index contributed by atoms with van der Waals surface area (Å²) in [4.78, 5) is 16.1. The van der Waals surface area contributed by atoms with Crippen LogP contribution in [0.2, 0.25) is 0 Å². The molecule has 5 heteroatoms. The average molecular weight is 346 g/mol. The van der Waals surface area contributed by atoms with Crippen LogP contribution in [0.5, 0.6) is 5.75 Å². The summed E-state index contributed by atoms with van der Waals surface area (Å²) >= 11 is 0. The Kier molecular flexibility index (Phi) is 6.56. The standard InChI is InChI=1S/C20H31N3O2/c1-25-19-10-6-9-18(15-19)23-13-11-22(12-14-23)16-20(24)21-17-7-4-2-3-5-8-17/h6,9-10,15,17H,2-5,7-8,11-14,16H2,1H3,(H,21,24)/p+1. The molecule has 1 aromatic rings. The molecule has 0 atom stereocenters. The lowest BCUT2D eigenvalue weighted by atomic mass is 10.1. The molecule has 1 aliphatic carbocycles. The minimum absolute atomic E-state index is 0.233. The summed E-state index contributed by atoms with van der Waals surface area (Å²) in [5, 5.41) is 3.27. The summed E-state index contributed by atoms with van der Waals surface area (Å²) in [5.74, 6) is 1.13. The number of nitrogens with one attached hydrogen (secondary N) is 2. The number of quaternary nitrogens is 1. The van der Waals surface area contributed by atoms with Crippen molar-refractivity contribution >= 4 is 11.6 Å². The van der Waals surface area contributed by atoms with Gasteiger partial charge in [0, 0.05) is 17.8 Å². The molecule has 1 saturated carbocycles. The fraction of sp³-hybridized carbons (Fsp3) is 0.650. The fourth-order valence-corrected chi connectivity index (χ4v) is 3.99. The van der Waals surface area contributed by atoms with Crippen molar-refractivity contribution in [1.82, 2.24) is 5.32 Å². The van der Waals surface area contributed by atoms with Crippen molar-refractivity contribution in [3.63, 3.8) is 0 Å². The summed E-state index contributed by atoms with van der Waals surface area (Å²) in [5.41, 5.74) is 1.21. The van der Waals surface area contributed by atoms with E-state index in [2.05, 4.69) is 22.3 Å². The van der Waals surface area contributed by atoms with Gasteiger partial charge < -0.3 is 19.9 Å². The molecule has 1 saturated heterocycles. The molecule has 0 radical (unpaired) electrons. The Balaban J connectivity index is 1.43. The first-order valence-corrected chi connectivity index (χ1v) is 9.76. The number of hydrogen-bond donors (Lipinski definition) is 2. The molecule has 25 heavy (non-hydrogen) atoms. The second-order valence-electron chi connectivity index (χ2n) is 7.37. The van der Waals surface area contributed by atoms with E-state index in [4.69, 9.17) is 4.74 Å². The third-order valence-corrected chi connectivity index (χ3v) is 5.52. The van der Waals surface area contributed by atoms with Crippen LogP contribution in [-0.4, -0.2) is 51.8 Å². The zero-order chi connectivity index (χ0) is 17.5. The Bertz CT molecular complexity index is 548. The minimum Gasteiger partial charge on any atom is -0.497 e. The van der Waals surface area contributed by atoms with Gasteiger partial charge in [-0.1, -0.05) is 31.7 Å². The number of carbonyl (C=O) groups is 1. The summed E-state index contributed by atoms with van der Waals surface area (Å²) in [6.07, 6.45) is 7.48. The van der Waals surface area contributed by atoms with Gasteiger partial charge in [0.25, 0.3) is 5.91 Å². The molecule has 0 spiro atoms. The number of piperazine rings is 1. The third kappa shape index (κ3) is 5.36. The van der Waals surface area contributed by atoms with Crippen molar-refractivity contribution in [2.75, 3.05) is 44.7 Å². The van der Waals surface area contributed by atoms with Crippen LogP contribution in [0.25, 0.3) is 0 Å². The summed E-state index contributed by atoms with van der Waals surface area (Å²) in [6, 6.07) is 8.64. The molecule has 5 nitrogen and oxygen atoms in total. The van der Waals surface area contributed by atoms with Gasteiger partial charge in [-0.05, 0) is 25.0 Å². The van der Waals surface area contributed by atoms with Crippen LogP contribution in [0.3, 0.4) is 0 Å². The van der Waals surface area contributed by atoms with Crippen LogP contribution in [0.1, 0.15) is 38.5 Å². The van der Waals surface area contributed by atoms with Gasteiger partial charge in [-0.15, -0.1) is 0 Å². The lowest BCUT2D eigenvalue weighted by Gasteiger charge is -2.33. The molecule has 2 N–H and O–H groups in total. The maximum atomic E-state index is 12.4. The molecule has 138 valence electrons. The van der Waals surface area contributed by atoms with Gasteiger partial charge >= 0.3 is 0 Å². The van der Waals surface area contributed by atoms with E-state index >= 15 is 0 Å². The van der Waals surface area contributed by atoms with Gasteiger partial charge in [0.2, 0.25) is 0 Å². The van der Waals surface area contributed by atoms with Gasteiger partial charge in [0.05, 0.1) is 33.3 Å². The zero-order valence-corrected chi connectivity index (χ0v) is 15.4. The first kappa shape index (κ1) is 18.1. The number of carbonyl (C=O) groups excluding carboxylic acids is 1. The highest BCUT2D eigenvalue weighted by atomic mass is 16.5. The van der Waals surface area contributed by atoms with Crippen molar-refractivity contribution in [2.45, 2.75) is 44.6 Å². The number of ether oxygens (including phenoxy) is 1. The van der Waals surface area contributed by atoms with E-state index in [0.717, 1.165) is 44.8 Å². The zero-order valence-electron chi connectivity index (χ0n) is 15.4. The highest BCUT2D eigenvalue weighted by Gasteiger charge is 2.24. The van der Waals surface area contributed by atoms with Crippen molar-refractivity contribution < 1.29 is 14.4 Å². The van der Waals surface area contributed by atoms with E-state index < -0.39 is 0 Å². The average Bonchev–Trinajstić information content (AvgIpc) is 2.91. The van der Waals surface area contributed by atoms with Crippen LogP contribution in [0, 0.1) is 0 Å². The van der Waals surface area contributed by atoms with Gasteiger partial charge in [0.1, 0.15) is 5.75 Å². The van der Waals surface area contributed by atoms with E-state index in [0.29, 0.717) is 12.6 Å². The molecule has 1 aromatic carbocycles. The molecule has 1 aliphatic heterocycles. The maximum absolute atomic E-state index is 12.4. The SMILES string of the molecule is COc1cccc(N2CC[NH+](CC(=O)NC3CCCCCC3)CC2)c1. The van der Waals surface area contributed by atoms with Crippen LogP contribution in [-0.2, 0) is 4.79 Å². The lowest BCUT2D eigenvalue weighted by Crippen LogP contribution is -3.16. The van der Waals surface area contributed by atoms with E-state index in [1.54, 1.807) is 7.11 Å². The Morgan fingerprint density at radius 1 is 1.20 bits per heavy atom. The molecular weight excluding hydrogens is 314 g/mol.